The van der Waals surface area contributed by atoms with Crippen LogP contribution in [-0.2, 0) is 16.6 Å². The number of hydrogen-bond donors (Lipinski definition) is 2. The lowest BCUT2D eigenvalue weighted by atomic mass is 10.0. The van der Waals surface area contributed by atoms with Crippen LogP contribution >= 0.6 is 0 Å². The van der Waals surface area contributed by atoms with E-state index in [0.29, 0.717) is 12.2 Å². The van der Waals surface area contributed by atoms with E-state index in [9.17, 15) is 9.59 Å². The van der Waals surface area contributed by atoms with Crippen LogP contribution in [0.15, 0.2) is 12.3 Å². The predicted molar refractivity (Wildman–Crippen MR) is 57.9 cm³/mol. The van der Waals surface area contributed by atoms with Crippen molar-refractivity contribution in [3.63, 3.8) is 0 Å². The summed E-state index contributed by atoms with van der Waals surface area (Å²) in [7, 11) is 1.74. The Morgan fingerprint density at radius 3 is 2.75 bits per heavy atom. The summed E-state index contributed by atoms with van der Waals surface area (Å²) >= 11 is 0. The Morgan fingerprint density at radius 2 is 2.31 bits per heavy atom. The molecule has 6 nitrogen and oxygen atoms in total. The van der Waals surface area contributed by atoms with Crippen molar-refractivity contribution in [3.05, 3.63) is 12.3 Å². The van der Waals surface area contributed by atoms with Gasteiger partial charge >= 0.3 is 5.97 Å². The minimum atomic E-state index is -0.969. The van der Waals surface area contributed by atoms with Crippen LogP contribution in [0.3, 0.4) is 0 Å². The minimum absolute atomic E-state index is 0.158. The Bertz CT molecular complexity index is 386. The van der Waals surface area contributed by atoms with E-state index in [1.165, 1.54) is 0 Å². The highest BCUT2D eigenvalue weighted by Crippen LogP contribution is 2.11. The lowest BCUT2D eigenvalue weighted by Gasteiger charge is -2.10. The highest BCUT2D eigenvalue weighted by Gasteiger charge is 2.20. The number of nitrogens with zero attached hydrogens (tertiary/aromatic N) is 2. The third-order valence-electron chi connectivity index (χ3n) is 2.25. The van der Waals surface area contributed by atoms with Crippen LogP contribution in [0.5, 0.6) is 0 Å². The van der Waals surface area contributed by atoms with E-state index >= 15 is 0 Å². The molecule has 0 aliphatic carbocycles. The average molecular weight is 225 g/mol. The van der Waals surface area contributed by atoms with Crippen molar-refractivity contribution in [1.29, 1.82) is 0 Å². The molecule has 0 radical (unpaired) electrons. The van der Waals surface area contributed by atoms with Crippen LogP contribution in [0.1, 0.15) is 19.8 Å². The maximum atomic E-state index is 11.7. The van der Waals surface area contributed by atoms with Gasteiger partial charge in [-0.1, -0.05) is 6.92 Å². The molecule has 1 heterocycles. The second-order valence-electron chi connectivity index (χ2n) is 3.57. The van der Waals surface area contributed by atoms with Gasteiger partial charge in [-0.05, 0) is 6.42 Å². The molecule has 0 saturated carbocycles. The first kappa shape index (κ1) is 12.2. The quantitative estimate of drug-likeness (QED) is 0.778. The molecule has 16 heavy (non-hydrogen) atoms. The van der Waals surface area contributed by atoms with Crippen molar-refractivity contribution < 1.29 is 14.7 Å². The number of aliphatic carboxylic acids is 1. The fourth-order valence-corrected chi connectivity index (χ4v) is 1.34. The lowest BCUT2D eigenvalue weighted by molar-refractivity contribution is -0.140. The fourth-order valence-electron chi connectivity index (χ4n) is 1.34. The number of carboxylic acids is 1. The van der Waals surface area contributed by atoms with Crippen LogP contribution in [0.2, 0.25) is 0 Å². The van der Waals surface area contributed by atoms with Gasteiger partial charge in [0, 0.05) is 25.2 Å². The topological polar surface area (TPSA) is 84.2 Å². The number of rotatable bonds is 5. The number of amides is 1. The van der Waals surface area contributed by atoms with Crippen molar-refractivity contribution in [2.75, 3.05) is 5.32 Å². The molecule has 0 spiro atoms. The number of aromatic nitrogens is 2. The van der Waals surface area contributed by atoms with E-state index < -0.39 is 11.9 Å². The second kappa shape index (κ2) is 5.29. The third kappa shape index (κ3) is 3.38. The van der Waals surface area contributed by atoms with Crippen LogP contribution in [-0.4, -0.2) is 26.8 Å². The molecule has 0 saturated heterocycles. The molecule has 0 aliphatic heterocycles. The highest BCUT2D eigenvalue weighted by molar-refractivity contribution is 5.93. The van der Waals surface area contributed by atoms with E-state index in [-0.39, 0.29) is 12.3 Å². The number of carbonyl (C=O) groups is 2. The number of hydrogen-bond acceptors (Lipinski definition) is 3. The van der Waals surface area contributed by atoms with Crippen molar-refractivity contribution in [2.24, 2.45) is 13.0 Å². The molecule has 0 bridgehead atoms. The van der Waals surface area contributed by atoms with Gasteiger partial charge in [0.2, 0.25) is 5.91 Å². The number of anilines is 1. The molecule has 1 atom stereocenters. The summed E-state index contributed by atoms with van der Waals surface area (Å²) in [6.45, 7) is 1.78. The van der Waals surface area contributed by atoms with Gasteiger partial charge in [0.15, 0.2) is 5.82 Å². The number of nitrogens with one attached hydrogen (secondary N) is 1. The summed E-state index contributed by atoms with van der Waals surface area (Å²) in [5.74, 6) is -1.34. The summed E-state index contributed by atoms with van der Waals surface area (Å²) in [6.07, 6.45) is 2.04. The van der Waals surface area contributed by atoms with Crippen LogP contribution in [0, 0.1) is 5.92 Å². The Kier molecular flexibility index (Phi) is 4.04. The molecule has 1 aromatic rings. The Hall–Kier alpha value is -1.85. The number of carboxylic acid groups (broad SMARTS) is 1. The molecule has 2 N–H and O–H groups in total. The SMILES string of the molecule is CC[C@H](CC(=O)O)C(=O)Nc1ccn(C)n1. The van der Waals surface area contributed by atoms with Crippen LogP contribution in [0.25, 0.3) is 0 Å². The van der Waals surface area contributed by atoms with Gasteiger partial charge in [0.1, 0.15) is 0 Å². The molecule has 88 valence electrons. The summed E-state index contributed by atoms with van der Waals surface area (Å²) in [4.78, 5) is 22.2. The zero-order valence-electron chi connectivity index (χ0n) is 9.30. The lowest BCUT2D eigenvalue weighted by Crippen LogP contribution is -2.24. The van der Waals surface area contributed by atoms with Gasteiger partial charge in [-0.2, -0.15) is 5.10 Å². The normalized spacial score (nSPS) is 12.1. The first-order valence-corrected chi connectivity index (χ1v) is 5.05. The highest BCUT2D eigenvalue weighted by atomic mass is 16.4. The first-order chi connectivity index (χ1) is 7.52. The monoisotopic (exact) mass is 225 g/mol. The van der Waals surface area contributed by atoms with Crippen molar-refractivity contribution >= 4 is 17.7 Å². The van der Waals surface area contributed by atoms with E-state index in [0.717, 1.165) is 0 Å². The standard InChI is InChI=1S/C10H15N3O3/c1-3-7(6-9(14)15)10(16)11-8-4-5-13(2)12-8/h4-5,7H,3,6H2,1-2H3,(H,14,15)(H,11,12,16)/t7-/m1/s1. The zero-order valence-corrected chi connectivity index (χ0v) is 9.30. The maximum absolute atomic E-state index is 11.7. The van der Waals surface area contributed by atoms with Gasteiger partial charge < -0.3 is 10.4 Å². The van der Waals surface area contributed by atoms with Gasteiger partial charge in [0.05, 0.1) is 6.42 Å². The maximum Gasteiger partial charge on any atom is 0.304 e. The summed E-state index contributed by atoms with van der Waals surface area (Å²) in [5, 5.41) is 15.2. The van der Waals surface area contributed by atoms with Crippen molar-refractivity contribution in [2.45, 2.75) is 19.8 Å². The molecule has 1 amide bonds. The zero-order chi connectivity index (χ0) is 12.1. The first-order valence-electron chi connectivity index (χ1n) is 5.05. The van der Waals surface area contributed by atoms with Gasteiger partial charge in [-0.25, -0.2) is 0 Å². The van der Waals surface area contributed by atoms with E-state index in [1.54, 1.807) is 30.9 Å². The van der Waals surface area contributed by atoms with E-state index in [2.05, 4.69) is 10.4 Å². The molecule has 0 aromatic carbocycles. The Labute approximate surface area is 93.3 Å². The summed E-state index contributed by atoms with van der Waals surface area (Å²) in [5.41, 5.74) is 0. The predicted octanol–water partition coefficient (Wildman–Crippen LogP) is 0.859. The number of aryl methyl sites for hydroxylation is 1. The smallest absolute Gasteiger partial charge is 0.304 e. The number of carbonyl (C=O) groups excluding carboxylic acids is 1. The fraction of sp³-hybridized carbons (Fsp3) is 0.500. The van der Waals surface area contributed by atoms with Gasteiger partial charge in [0.25, 0.3) is 0 Å². The molecule has 6 heteroatoms. The molecular formula is C10H15N3O3. The molecule has 1 aromatic heterocycles. The van der Waals surface area contributed by atoms with Gasteiger partial charge in [-0.3, -0.25) is 14.3 Å². The summed E-state index contributed by atoms with van der Waals surface area (Å²) in [6, 6.07) is 1.66. The van der Waals surface area contributed by atoms with Crippen molar-refractivity contribution in [1.82, 2.24) is 9.78 Å². The molecule has 1 rings (SSSR count). The summed E-state index contributed by atoms with van der Waals surface area (Å²) < 4.78 is 1.56. The van der Waals surface area contributed by atoms with E-state index in [1.807, 2.05) is 0 Å². The van der Waals surface area contributed by atoms with Crippen molar-refractivity contribution in [3.8, 4) is 0 Å². The minimum Gasteiger partial charge on any atom is -0.481 e. The molecular weight excluding hydrogens is 210 g/mol. The third-order valence-corrected chi connectivity index (χ3v) is 2.25. The molecule has 0 unspecified atom stereocenters. The average Bonchev–Trinajstić information content (AvgIpc) is 2.60. The molecule has 0 fully saturated rings. The van der Waals surface area contributed by atoms with Crippen LogP contribution in [0.4, 0.5) is 5.82 Å². The van der Waals surface area contributed by atoms with E-state index in [4.69, 9.17) is 5.11 Å². The Morgan fingerprint density at radius 1 is 1.62 bits per heavy atom. The largest absolute Gasteiger partial charge is 0.481 e. The molecule has 0 aliphatic rings. The Balaban J connectivity index is 2.59. The van der Waals surface area contributed by atoms with Crippen LogP contribution < -0.4 is 5.32 Å². The second-order valence-corrected chi connectivity index (χ2v) is 3.57. The van der Waals surface area contributed by atoms with Gasteiger partial charge in [-0.15, -0.1) is 0 Å².